The van der Waals surface area contributed by atoms with Crippen LogP contribution in [0.15, 0.2) is 0 Å². The number of carbonyl (C=O) groups is 2. The van der Waals surface area contributed by atoms with Gasteiger partial charge in [0.1, 0.15) is 11.9 Å². The van der Waals surface area contributed by atoms with Gasteiger partial charge >= 0.3 is 5.97 Å². The van der Waals surface area contributed by atoms with E-state index in [1.807, 2.05) is 20.8 Å². The monoisotopic (exact) mass is 212 g/mol. The minimum atomic E-state index is -0.404. The lowest BCUT2D eigenvalue weighted by atomic mass is 9.83. The largest absolute Gasteiger partial charge is 0.460 e. The van der Waals surface area contributed by atoms with Crippen molar-refractivity contribution in [3.8, 4) is 0 Å². The fourth-order valence-electron chi connectivity index (χ4n) is 1.88. The van der Waals surface area contributed by atoms with E-state index in [1.54, 1.807) is 0 Å². The van der Waals surface area contributed by atoms with E-state index >= 15 is 0 Å². The Morgan fingerprint density at radius 3 is 2.13 bits per heavy atom. The van der Waals surface area contributed by atoms with Gasteiger partial charge < -0.3 is 9.53 Å². The quantitative estimate of drug-likeness (QED) is 0.521. The summed E-state index contributed by atoms with van der Waals surface area (Å²) in [6, 6.07) is 0. The van der Waals surface area contributed by atoms with Gasteiger partial charge in [-0.2, -0.15) is 0 Å². The van der Waals surface area contributed by atoms with Gasteiger partial charge in [0.15, 0.2) is 0 Å². The summed E-state index contributed by atoms with van der Waals surface area (Å²) in [4.78, 5) is 22.2. The van der Waals surface area contributed by atoms with Crippen LogP contribution in [0.3, 0.4) is 0 Å². The molecule has 15 heavy (non-hydrogen) atoms. The molecular weight excluding hydrogens is 192 g/mol. The van der Waals surface area contributed by atoms with Crippen molar-refractivity contribution in [2.24, 2.45) is 11.8 Å². The number of rotatable bonds is 2. The molecule has 0 saturated heterocycles. The predicted molar refractivity (Wildman–Crippen MR) is 57.4 cm³/mol. The lowest BCUT2D eigenvalue weighted by Crippen LogP contribution is -2.31. The van der Waals surface area contributed by atoms with Gasteiger partial charge in [0.25, 0.3) is 0 Å². The van der Waals surface area contributed by atoms with E-state index in [4.69, 9.17) is 4.74 Å². The van der Waals surface area contributed by atoms with Crippen LogP contribution in [0.1, 0.15) is 46.5 Å². The Hall–Kier alpha value is -0.860. The Morgan fingerprint density at radius 2 is 1.73 bits per heavy atom. The molecule has 0 unspecified atom stereocenters. The van der Waals surface area contributed by atoms with E-state index in [1.165, 1.54) is 0 Å². The van der Waals surface area contributed by atoms with Crippen LogP contribution in [0.25, 0.3) is 0 Å². The fraction of sp³-hybridized carbons (Fsp3) is 0.833. The highest BCUT2D eigenvalue weighted by atomic mass is 16.6. The third-order valence-corrected chi connectivity index (χ3v) is 2.70. The van der Waals surface area contributed by atoms with Crippen LogP contribution in [0.4, 0.5) is 0 Å². The van der Waals surface area contributed by atoms with Crippen LogP contribution in [0, 0.1) is 11.8 Å². The maximum absolute atomic E-state index is 11.7. The molecule has 0 aliphatic heterocycles. The number of ether oxygens (including phenoxy) is 1. The maximum Gasteiger partial charge on any atom is 0.309 e. The first-order valence-corrected chi connectivity index (χ1v) is 5.60. The molecular formula is C12H20O3. The Bertz CT molecular complexity index is 232. The Morgan fingerprint density at radius 1 is 1.20 bits per heavy atom. The zero-order chi connectivity index (χ0) is 11.5. The normalized spacial score (nSPS) is 27.1. The Kier molecular flexibility index (Phi) is 3.89. The van der Waals surface area contributed by atoms with E-state index in [2.05, 4.69) is 0 Å². The highest BCUT2D eigenvalue weighted by molar-refractivity contribution is 5.73. The van der Waals surface area contributed by atoms with Crippen LogP contribution in [-0.2, 0) is 14.3 Å². The van der Waals surface area contributed by atoms with Crippen molar-refractivity contribution in [1.29, 1.82) is 0 Å². The second kappa shape index (κ2) is 4.77. The van der Waals surface area contributed by atoms with Crippen molar-refractivity contribution in [1.82, 2.24) is 0 Å². The molecule has 0 heterocycles. The third kappa shape index (κ3) is 4.02. The van der Waals surface area contributed by atoms with Gasteiger partial charge in [-0.05, 0) is 46.5 Å². The molecule has 0 radical (unpaired) electrons. The molecule has 0 N–H and O–H groups in total. The lowest BCUT2D eigenvalue weighted by Gasteiger charge is -2.27. The highest BCUT2D eigenvalue weighted by Gasteiger charge is 2.29. The standard InChI is InChI=1S/C12H20O3/c1-12(2,3)15-11(14)10-6-4-9(8-13)5-7-10/h8-10H,4-7H2,1-3H3. The third-order valence-electron chi connectivity index (χ3n) is 2.70. The van der Waals surface area contributed by atoms with Gasteiger partial charge in [-0.15, -0.1) is 0 Å². The van der Waals surface area contributed by atoms with Crippen LogP contribution in [0.2, 0.25) is 0 Å². The number of hydrogen-bond donors (Lipinski definition) is 0. The van der Waals surface area contributed by atoms with Crippen molar-refractivity contribution in [2.75, 3.05) is 0 Å². The van der Waals surface area contributed by atoms with E-state index in [9.17, 15) is 9.59 Å². The summed E-state index contributed by atoms with van der Waals surface area (Å²) in [7, 11) is 0. The summed E-state index contributed by atoms with van der Waals surface area (Å²) in [5.41, 5.74) is -0.404. The van der Waals surface area contributed by atoms with Crippen molar-refractivity contribution in [3.63, 3.8) is 0 Å². The molecule has 1 rings (SSSR count). The van der Waals surface area contributed by atoms with Gasteiger partial charge in [-0.25, -0.2) is 0 Å². The highest BCUT2D eigenvalue weighted by Crippen LogP contribution is 2.29. The summed E-state index contributed by atoms with van der Waals surface area (Å²) in [6.07, 6.45) is 4.24. The van der Waals surface area contributed by atoms with E-state index in [0.29, 0.717) is 0 Å². The van der Waals surface area contributed by atoms with E-state index in [0.717, 1.165) is 32.0 Å². The van der Waals surface area contributed by atoms with Crippen molar-refractivity contribution in [2.45, 2.75) is 52.1 Å². The van der Waals surface area contributed by atoms with Gasteiger partial charge in [0.05, 0.1) is 5.92 Å². The minimum absolute atomic E-state index is 0.000394. The first-order chi connectivity index (χ1) is 6.92. The molecule has 1 aliphatic carbocycles. The number of hydrogen-bond acceptors (Lipinski definition) is 3. The Labute approximate surface area is 91.2 Å². The molecule has 0 aromatic heterocycles. The molecule has 0 amide bonds. The molecule has 1 fully saturated rings. The van der Waals surface area contributed by atoms with E-state index in [-0.39, 0.29) is 17.8 Å². The van der Waals surface area contributed by atoms with Crippen molar-refractivity contribution in [3.05, 3.63) is 0 Å². The number of aldehydes is 1. The SMILES string of the molecule is CC(C)(C)OC(=O)C1CCC(C=O)CC1. The first kappa shape index (κ1) is 12.2. The van der Waals surface area contributed by atoms with Crippen LogP contribution in [0.5, 0.6) is 0 Å². The predicted octanol–water partition coefficient (Wildman–Crippen LogP) is 2.33. The fourth-order valence-corrected chi connectivity index (χ4v) is 1.88. The van der Waals surface area contributed by atoms with Crippen molar-refractivity contribution < 1.29 is 14.3 Å². The average molecular weight is 212 g/mol. The van der Waals surface area contributed by atoms with Crippen molar-refractivity contribution >= 4 is 12.3 Å². The molecule has 3 nitrogen and oxygen atoms in total. The number of carbonyl (C=O) groups excluding carboxylic acids is 2. The summed E-state index contributed by atoms with van der Waals surface area (Å²) < 4.78 is 5.32. The van der Waals surface area contributed by atoms with Gasteiger partial charge in [-0.1, -0.05) is 0 Å². The number of esters is 1. The first-order valence-electron chi connectivity index (χ1n) is 5.60. The zero-order valence-electron chi connectivity index (χ0n) is 9.79. The smallest absolute Gasteiger partial charge is 0.309 e. The second-order valence-electron chi connectivity index (χ2n) is 5.28. The van der Waals surface area contributed by atoms with Gasteiger partial charge in [0.2, 0.25) is 0 Å². The van der Waals surface area contributed by atoms with Crippen LogP contribution in [-0.4, -0.2) is 17.9 Å². The van der Waals surface area contributed by atoms with Gasteiger partial charge in [-0.3, -0.25) is 4.79 Å². The molecule has 0 aromatic carbocycles. The summed E-state index contributed by atoms with van der Waals surface area (Å²) in [5.74, 6) is 0.0518. The summed E-state index contributed by atoms with van der Waals surface area (Å²) in [6.45, 7) is 5.63. The topological polar surface area (TPSA) is 43.4 Å². The summed E-state index contributed by atoms with van der Waals surface area (Å²) in [5, 5.41) is 0. The summed E-state index contributed by atoms with van der Waals surface area (Å²) >= 11 is 0. The van der Waals surface area contributed by atoms with Gasteiger partial charge in [0, 0.05) is 5.92 Å². The second-order valence-corrected chi connectivity index (χ2v) is 5.28. The molecule has 3 heteroatoms. The molecule has 1 aliphatic rings. The molecule has 0 atom stereocenters. The molecule has 0 spiro atoms. The average Bonchev–Trinajstić information content (AvgIpc) is 2.15. The van der Waals surface area contributed by atoms with E-state index < -0.39 is 5.60 Å². The van der Waals surface area contributed by atoms with Crippen LogP contribution >= 0.6 is 0 Å². The molecule has 0 bridgehead atoms. The minimum Gasteiger partial charge on any atom is -0.460 e. The molecule has 1 saturated carbocycles. The maximum atomic E-state index is 11.7. The molecule has 86 valence electrons. The lowest BCUT2D eigenvalue weighted by molar-refractivity contribution is -0.161. The Balaban J connectivity index is 2.40. The van der Waals surface area contributed by atoms with Crippen LogP contribution < -0.4 is 0 Å². The molecule has 0 aromatic rings. The zero-order valence-corrected chi connectivity index (χ0v) is 9.79.